The number of hydrogen-bond acceptors (Lipinski definition) is 9. The van der Waals surface area contributed by atoms with Crippen LogP contribution in [0.25, 0.3) is 0 Å². The molecule has 0 unspecified atom stereocenters. The molecule has 0 aromatic heterocycles. The molecule has 12 heteroatoms. The van der Waals surface area contributed by atoms with Gasteiger partial charge in [0.2, 0.25) is 0 Å². The van der Waals surface area contributed by atoms with Crippen LogP contribution in [-0.4, -0.2) is 79.5 Å². The number of ether oxygens (including phenoxy) is 4. The van der Waals surface area contributed by atoms with E-state index in [2.05, 4.69) is 5.32 Å². The van der Waals surface area contributed by atoms with Crippen LogP contribution in [0.3, 0.4) is 0 Å². The number of nitrogens with zero attached hydrogens (tertiary/aromatic N) is 1. The number of aliphatic hydroxyl groups is 1. The first kappa shape index (κ1) is 25.3. The molecule has 1 amide bonds. The zero-order valence-corrected chi connectivity index (χ0v) is 20.3. The highest BCUT2D eigenvalue weighted by atomic mass is 32.2. The average molecular weight is 501 g/mol. The van der Waals surface area contributed by atoms with Gasteiger partial charge >= 0.3 is 16.4 Å². The second-order valence-electron chi connectivity index (χ2n) is 9.52. The Morgan fingerprint density at radius 3 is 2.50 bits per heavy atom. The van der Waals surface area contributed by atoms with Crippen molar-refractivity contribution in [3.05, 3.63) is 35.9 Å². The lowest BCUT2D eigenvalue weighted by Crippen LogP contribution is -2.54. The number of carbonyl (C=O) groups is 1. The molecule has 34 heavy (non-hydrogen) atoms. The van der Waals surface area contributed by atoms with Gasteiger partial charge in [-0.15, -0.1) is 0 Å². The van der Waals surface area contributed by atoms with Gasteiger partial charge in [-0.05, 0) is 39.2 Å². The molecule has 3 saturated heterocycles. The van der Waals surface area contributed by atoms with Crippen LogP contribution in [-0.2, 0) is 40.0 Å². The Hall–Kier alpha value is -1.80. The summed E-state index contributed by atoms with van der Waals surface area (Å²) in [6, 6.07) is 9.34. The van der Waals surface area contributed by atoms with Gasteiger partial charge in [0.15, 0.2) is 12.1 Å². The molecule has 0 radical (unpaired) electrons. The van der Waals surface area contributed by atoms with Crippen LogP contribution in [0.4, 0.5) is 4.79 Å². The quantitative estimate of drug-likeness (QED) is 0.568. The molecule has 1 aromatic carbocycles. The minimum absolute atomic E-state index is 0.154. The van der Waals surface area contributed by atoms with E-state index in [0.29, 0.717) is 12.8 Å². The topological polar surface area (TPSA) is 133 Å². The molecule has 0 saturated carbocycles. The standard InChI is InChI=1S/C22H32N2O9S/c1-21(2)32-18-17(25)16(31-19(18)33-21)14-30-34(27,28)24-11-9-22(3,10-12-24)23-20(26)29-13-15-7-5-4-6-8-15/h4-8,16-19,25H,9-14H2,1-3H3,(H,23,26)/t16-,17+,18-,19-/m1/s1. The van der Waals surface area contributed by atoms with Gasteiger partial charge in [0.05, 0.1) is 6.61 Å². The molecule has 4 rings (SSSR count). The first-order chi connectivity index (χ1) is 16.0. The summed E-state index contributed by atoms with van der Waals surface area (Å²) < 4.78 is 53.8. The van der Waals surface area contributed by atoms with Gasteiger partial charge < -0.3 is 29.4 Å². The highest BCUT2D eigenvalue weighted by molar-refractivity contribution is 7.84. The van der Waals surface area contributed by atoms with Gasteiger partial charge in [-0.2, -0.15) is 12.7 Å². The molecule has 4 atom stereocenters. The minimum atomic E-state index is -4.05. The summed E-state index contributed by atoms with van der Waals surface area (Å²) in [6.07, 6.45) is -3.21. The smallest absolute Gasteiger partial charge is 0.407 e. The van der Waals surface area contributed by atoms with E-state index in [-0.39, 0.29) is 26.3 Å². The molecule has 3 aliphatic heterocycles. The highest BCUT2D eigenvalue weighted by Gasteiger charge is 2.54. The van der Waals surface area contributed by atoms with Crippen LogP contribution in [0.15, 0.2) is 30.3 Å². The van der Waals surface area contributed by atoms with Gasteiger partial charge in [0.25, 0.3) is 0 Å². The van der Waals surface area contributed by atoms with E-state index in [1.54, 1.807) is 13.8 Å². The van der Waals surface area contributed by atoms with Gasteiger partial charge in [-0.1, -0.05) is 30.3 Å². The Morgan fingerprint density at radius 1 is 1.18 bits per heavy atom. The molecule has 0 bridgehead atoms. The SMILES string of the molecule is CC1(NC(=O)OCc2ccccc2)CCN(S(=O)(=O)OC[C@H]2O[C@@H]3OC(C)(C)O[C@@H]3[C@H]2O)CC1. The second kappa shape index (κ2) is 9.69. The van der Waals surface area contributed by atoms with Gasteiger partial charge in [0, 0.05) is 18.6 Å². The molecule has 1 aromatic rings. The number of nitrogens with one attached hydrogen (secondary N) is 1. The first-order valence-electron chi connectivity index (χ1n) is 11.3. The average Bonchev–Trinajstić information content (AvgIpc) is 3.23. The van der Waals surface area contributed by atoms with E-state index in [1.807, 2.05) is 37.3 Å². The third kappa shape index (κ3) is 5.88. The van der Waals surface area contributed by atoms with Crippen LogP contribution in [0.1, 0.15) is 39.2 Å². The van der Waals surface area contributed by atoms with Crippen molar-refractivity contribution in [2.45, 2.75) is 76.1 Å². The van der Waals surface area contributed by atoms with Crippen molar-refractivity contribution in [3.63, 3.8) is 0 Å². The molecule has 190 valence electrons. The third-order valence-electron chi connectivity index (χ3n) is 6.25. The molecule has 0 spiro atoms. The van der Waals surface area contributed by atoms with E-state index in [1.165, 1.54) is 4.31 Å². The fraction of sp³-hybridized carbons (Fsp3) is 0.682. The summed E-state index contributed by atoms with van der Waals surface area (Å²) in [7, 11) is -4.05. The Kier molecular flexibility index (Phi) is 7.21. The largest absolute Gasteiger partial charge is 0.445 e. The number of aliphatic hydroxyl groups excluding tert-OH is 1. The summed E-state index contributed by atoms with van der Waals surface area (Å²) in [4.78, 5) is 12.2. The molecule has 2 N–H and O–H groups in total. The van der Waals surface area contributed by atoms with Crippen LogP contribution < -0.4 is 5.32 Å². The van der Waals surface area contributed by atoms with E-state index in [9.17, 15) is 18.3 Å². The number of rotatable bonds is 7. The lowest BCUT2D eigenvalue weighted by Gasteiger charge is -2.38. The maximum Gasteiger partial charge on any atom is 0.407 e. The van der Waals surface area contributed by atoms with Crippen LogP contribution >= 0.6 is 0 Å². The van der Waals surface area contributed by atoms with Crippen molar-refractivity contribution in [3.8, 4) is 0 Å². The lowest BCUT2D eigenvalue weighted by molar-refractivity contribution is -0.217. The predicted octanol–water partition coefficient (Wildman–Crippen LogP) is 1.27. The third-order valence-corrected chi connectivity index (χ3v) is 7.69. The molecule has 3 aliphatic rings. The van der Waals surface area contributed by atoms with Crippen LogP contribution in [0.2, 0.25) is 0 Å². The first-order valence-corrected chi connectivity index (χ1v) is 12.7. The summed E-state index contributed by atoms with van der Waals surface area (Å²) in [5.41, 5.74) is 0.270. The lowest BCUT2D eigenvalue weighted by atomic mass is 9.91. The second-order valence-corrected chi connectivity index (χ2v) is 11.1. The minimum Gasteiger partial charge on any atom is -0.445 e. The maximum absolute atomic E-state index is 12.7. The zero-order chi connectivity index (χ0) is 24.6. The molecule has 3 fully saturated rings. The van der Waals surface area contributed by atoms with Crippen LogP contribution in [0.5, 0.6) is 0 Å². The highest BCUT2D eigenvalue weighted by Crippen LogP contribution is 2.37. The van der Waals surface area contributed by atoms with Crippen molar-refractivity contribution in [2.75, 3.05) is 19.7 Å². The van der Waals surface area contributed by atoms with Gasteiger partial charge in [-0.25, -0.2) is 4.79 Å². The molecule has 3 heterocycles. The fourth-order valence-electron chi connectivity index (χ4n) is 4.26. The van der Waals surface area contributed by atoms with Crippen LogP contribution in [0, 0.1) is 0 Å². The number of benzene rings is 1. The summed E-state index contributed by atoms with van der Waals surface area (Å²) in [6.45, 7) is 5.39. The Labute approximate surface area is 199 Å². The molecular formula is C22H32N2O9S. The fourth-order valence-corrected chi connectivity index (χ4v) is 5.34. The number of fused-ring (bicyclic) bond motifs is 1. The van der Waals surface area contributed by atoms with Crippen molar-refractivity contribution < 1.29 is 41.4 Å². The van der Waals surface area contributed by atoms with Crippen molar-refractivity contribution >= 4 is 16.4 Å². The van der Waals surface area contributed by atoms with Crippen molar-refractivity contribution in [1.29, 1.82) is 0 Å². The monoisotopic (exact) mass is 500 g/mol. The summed E-state index contributed by atoms with van der Waals surface area (Å²) in [5, 5.41) is 13.2. The molecule has 0 aliphatic carbocycles. The van der Waals surface area contributed by atoms with E-state index >= 15 is 0 Å². The predicted molar refractivity (Wildman–Crippen MR) is 119 cm³/mol. The number of amides is 1. The van der Waals surface area contributed by atoms with E-state index in [0.717, 1.165) is 5.56 Å². The number of carbonyl (C=O) groups excluding carboxylic acids is 1. The van der Waals surface area contributed by atoms with Crippen molar-refractivity contribution in [2.24, 2.45) is 0 Å². The van der Waals surface area contributed by atoms with Crippen molar-refractivity contribution in [1.82, 2.24) is 9.62 Å². The molecule has 11 nitrogen and oxygen atoms in total. The summed E-state index contributed by atoms with van der Waals surface area (Å²) in [5.74, 6) is -0.878. The Balaban J connectivity index is 1.22. The Morgan fingerprint density at radius 2 is 1.85 bits per heavy atom. The summed E-state index contributed by atoms with van der Waals surface area (Å²) >= 11 is 0. The Bertz CT molecular complexity index is 964. The number of hydrogen-bond donors (Lipinski definition) is 2. The number of alkyl carbamates (subject to hydrolysis) is 1. The maximum atomic E-state index is 12.7. The van der Waals surface area contributed by atoms with Gasteiger partial charge in [-0.3, -0.25) is 4.18 Å². The van der Waals surface area contributed by atoms with E-state index < -0.39 is 52.3 Å². The van der Waals surface area contributed by atoms with Gasteiger partial charge in [0.1, 0.15) is 24.9 Å². The molecular weight excluding hydrogens is 468 g/mol. The van der Waals surface area contributed by atoms with E-state index in [4.69, 9.17) is 23.1 Å². The number of piperidine rings is 1. The normalized spacial score (nSPS) is 30.6. The zero-order valence-electron chi connectivity index (χ0n) is 19.5.